The number of carbonyl (C=O) groups excluding carboxylic acids is 1. The Hall–Kier alpha value is -1.30. The van der Waals surface area contributed by atoms with Gasteiger partial charge in [-0.1, -0.05) is 25.4 Å². The number of benzene rings is 1. The van der Waals surface area contributed by atoms with Crippen LogP contribution in [0.2, 0.25) is 5.02 Å². The van der Waals surface area contributed by atoms with Gasteiger partial charge in [-0.05, 0) is 43.4 Å². The van der Waals surface area contributed by atoms with Crippen LogP contribution in [0.1, 0.15) is 49.9 Å². The highest BCUT2D eigenvalue weighted by atomic mass is 35.5. The number of ether oxygens (including phenoxy) is 2. The number of hydrogen-bond donors (Lipinski definition) is 1. The minimum absolute atomic E-state index is 0.0508. The van der Waals surface area contributed by atoms with Crippen LogP contribution >= 0.6 is 11.6 Å². The summed E-state index contributed by atoms with van der Waals surface area (Å²) >= 11 is 5.99. The zero-order valence-electron chi connectivity index (χ0n) is 15.7. The van der Waals surface area contributed by atoms with Crippen LogP contribution in [0, 0.1) is 5.92 Å². The molecular formula is C20H28ClNO4. The second-order valence-corrected chi connectivity index (χ2v) is 8.25. The normalized spacial score (nSPS) is 25.5. The fraction of sp³-hybridized carbons (Fsp3) is 0.650. The van der Waals surface area contributed by atoms with E-state index in [1.807, 2.05) is 4.90 Å². The van der Waals surface area contributed by atoms with Crippen molar-refractivity contribution in [2.45, 2.75) is 57.3 Å². The maximum absolute atomic E-state index is 12.9. The minimum Gasteiger partial charge on any atom is -0.496 e. The highest BCUT2D eigenvalue weighted by Gasteiger charge is 2.44. The van der Waals surface area contributed by atoms with E-state index >= 15 is 0 Å². The fourth-order valence-electron chi connectivity index (χ4n) is 4.06. The lowest BCUT2D eigenvalue weighted by Gasteiger charge is -2.48. The Morgan fingerprint density at radius 2 is 2.08 bits per heavy atom. The van der Waals surface area contributed by atoms with Crippen molar-refractivity contribution in [1.82, 2.24) is 4.90 Å². The molecule has 26 heavy (non-hydrogen) atoms. The standard InChI is InChI=1S/C20H28ClNO4/c1-13(2)17-11-15(23)12-20(26-17)6-8-22(9-7-20)19(24)16-5-4-14(21)10-18(16)25-3/h4-5,10,13,15,17,23H,6-9,11-12H2,1-3H3/t15-,17-/m1/s1. The van der Waals surface area contributed by atoms with Crippen LogP contribution in [-0.4, -0.2) is 53.9 Å². The number of halogens is 1. The van der Waals surface area contributed by atoms with Crippen LogP contribution in [0.25, 0.3) is 0 Å². The van der Waals surface area contributed by atoms with Crippen molar-refractivity contribution in [2.24, 2.45) is 5.92 Å². The molecule has 144 valence electrons. The molecule has 0 aliphatic carbocycles. The molecule has 0 bridgehead atoms. The minimum atomic E-state index is -0.324. The van der Waals surface area contributed by atoms with Gasteiger partial charge < -0.3 is 19.5 Å². The lowest BCUT2D eigenvalue weighted by atomic mass is 9.80. The quantitative estimate of drug-likeness (QED) is 0.870. The van der Waals surface area contributed by atoms with Crippen molar-refractivity contribution in [1.29, 1.82) is 0 Å². The van der Waals surface area contributed by atoms with E-state index in [0.717, 1.165) is 12.8 Å². The molecule has 0 saturated carbocycles. The summed E-state index contributed by atoms with van der Waals surface area (Å²) < 4.78 is 11.7. The summed E-state index contributed by atoms with van der Waals surface area (Å²) in [4.78, 5) is 14.8. The van der Waals surface area contributed by atoms with Gasteiger partial charge in [0.2, 0.25) is 0 Å². The molecule has 1 aromatic carbocycles. The number of carbonyl (C=O) groups is 1. The van der Waals surface area contributed by atoms with Crippen molar-refractivity contribution < 1.29 is 19.4 Å². The van der Waals surface area contributed by atoms with Gasteiger partial charge in [0.25, 0.3) is 5.91 Å². The number of hydrogen-bond acceptors (Lipinski definition) is 4. The van der Waals surface area contributed by atoms with Gasteiger partial charge in [-0.15, -0.1) is 0 Å². The zero-order chi connectivity index (χ0) is 18.9. The van der Waals surface area contributed by atoms with Crippen molar-refractivity contribution in [3.63, 3.8) is 0 Å². The Morgan fingerprint density at radius 3 is 2.69 bits per heavy atom. The Kier molecular flexibility index (Phi) is 5.80. The highest BCUT2D eigenvalue weighted by molar-refractivity contribution is 6.30. The molecule has 1 N–H and O–H groups in total. The molecule has 2 atom stereocenters. The van der Waals surface area contributed by atoms with E-state index in [0.29, 0.717) is 48.2 Å². The van der Waals surface area contributed by atoms with Crippen molar-refractivity contribution >= 4 is 17.5 Å². The number of aliphatic hydroxyl groups excluding tert-OH is 1. The van der Waals surface area contributed by atoms with Gasteiger partial charge in [-0.2, -0.15) is 0 Å². The number of likely N-dealkylation sites (tertiary alicyclic amines) is 1. The van der Waals surface area contributed by atoms with E-state index in [9.17, 15) is 9.90 Å². The van der Waals surface area contributed by atoms with E-state index in [1.54, 1.807) is 18.2 Å². The first-order chi connectivity index (χ1) is 12.3. The average Bonchev–Trinajstić information content (AvgIpc) is 2.61. The molecule has 2 aliphatic heterocycles. The number of nitrogens with zero attached hydrogens (tertiary/aromatic N) is 1. The first-order valence-corrected chi connectivity index (χ1v) is 9.70. The predicted octanol–water partition coefficient (Wildman–Crippen LogP) is 3.52. The Bertz CT molecular complexity index is 655. The van der Waals surface area contributed by atoms with Gasteiger partial charge in [0.15, 0.2) is 0 Å². The van der Waals surface area contributed by atoms with Gasteiger partial charge >= 0.3 is 0 Å². The third-order valence-electron chi connectivity index (χ3n) is 5.61. The second-order valence-electron chi connectivity index (χ2n) is 7.81. The molecule has 1 spiro atoms. The maximum Gasteiger partial charge on any atom is 0.257 e. The van der Waals surface area contributed by atoms with E-state index in [1.165, 1.54) is 7.11 Å². The molecule has 2 aliphatic rings. The molecular weight excluding hydrogens is 354 g/mol. The van der Waals surface area contributed by atoms with Gasteiger partial charge in [-0.25, -0.2) is 0 Å². The van der Waals surface area contributed by atoms with Crippen LogP contribution in [0.3, 0.4) is 0 Å². The zero-order valence-corrected chi connectivity index (χ0v) is 16.5. The lowest BCUT2D eigenvalue weighted by molar-refractivity contribution is -0.190. The van der Waals surface area contributed by atoms with Crippen LogP contribution in [-0.2, 0) is 4.74 Å². The number of methoxy groups -OCH3 is 1. The topological polar surface area (TPSA) is 59.0 Å². The third-order valence-corrected chi connectivity index (χ3v) is 5.85. The molecule has 2 heterocycles. The molecule has 1 aromatic rings. The number of aliphatic hydroxyl groups is 1. The summed E-state index contributed by atoms with van der Waals surface area (Å²) in [6.07, 6.45) is 2.60. The van der Waals surface area contributed by atoms with Crippen LogP contribution in [0.4, 0.5) is 0 Å². The molecule has 3 rings (SSSR count). The monoisotopic (exact) mass is 381 g/mol. The Balaban J connectivity index is 1.69. The molecule has 6 heteroatoms. The van der Waals surface area contributed by atoms with E-state index in [2.05, 4.69) is 13.8 Å². The molecule has 0 radical (unpaired) electrons. The second kappa shape index (κ2) is 7.75. The Labute approximate surface area is 160 Å². The van der Waals surface area contributed by atoms with Crippen molar-refractivity contribution in [2.75, 3.05) is 20.2 Å². The number of rotatable bonds is 3. The molecule has 5 nitrogen and oxygen atoms in total. The number of amides is 1. The summed E-state index contributed by atoms with van der Waals surface area (Å²) in [7, 11) is 1.54. The van der Waals surface area contributed by atoms with E-state index in [-0.39, 0.29) is 23.7 Å². The third kappa shape index (κ3) is 4.00. The molecule has 2 fully saturated rings. The van der Waals surface area contributed by atoms with Gasteiger partial charge in [-0.3, -0.25) is 4.79 Å². The SMILES string of the molecule is COc1cc(Cl)ccc1C(=O)N1CCC2(CC1)C[C@H](O)C[C@H](C(C)C)O2. The maximum atomic E-state index is 12.9. The molecule has 0 unspecified atom stereocenters. The van der Waals surface area contributed by atoms with Gasteiger partial charge in [0.05, 0.1) is 30.5 Å². The summed E-state index contributed by atoms with van der Waals surface area (Å²) in [5.74, 6) is 0.817. The van der Waals surface area contributed by atoms with Gasteiger partial charge in [0.1, 0.15) is 5.75 Å². The lowest BCUT2D eigenvalue weighted by Crippen LogP contribution is -2.54. The van der Waals surface area contributed by atoms with Crippen molar-refractivity contribution in [3.05, 3.63) is 28.8 Å². The summed E-state index contributed by atoms with van der Waals surface area (Å²) in [6.45, 7) is 5.48. The molecule has 2 saturated heterocycles. The number of piperidine rings is 1. The van der Waals surface area contributed by atoms with Crippen molar-refractivity contribution in [3.8, 4) is 5.75 Å². The molecule has 0 aromatic heterocycles. The Morgan fingerprint density at radius 1 is 1.38 bits per heavy atom. The van der Waals surface area contributed by atoms with Crippen LogP contribution in [0.15, 0.2) is 18.2 Å². The van der Waals surface area contributed by atoms with E-state index in [4.69, 9.17) is 21.1 Å². The van der Waals surface area contributed by atoms with E-state index < -0.39 is 0 Å². The summed E-state index contributed by atoms with van der Waals surface area (Å²) in [6, 6.07) is 5.08. The fourth-order valence-corrected chi connectivity index (χ4v) is 4.22. The smallest absolute Gasteiger partial charge is 0.257 e. The van der Waals surface area contributed by atoms with Crippen LogP contribution in [0.5, 0.6) is 5.75 Å². The summed E-state index contributed by atoms with van der Waals surface area (Å²) in [5.41, 5.74) is 0.213. The average molecular weight is 382 g/mol. The largest absolute Gasteiger partial charge is 0.496 e. The van der Waals surface area contributed by atoms with Crippen LogP contribution < -0.4 is 4.74 Å². The summed E-state index contributed by atoms with van der Waals surface area (Å²) in [5, 5.41) is 10.8. The predicted molar refractivity (Wildman–Crippen MR) is 101 cm³/mol. The highest BCUT2D eigenvalue weighted by Crippen LogP contribution is 2.40. The first kappa shape index (κ1) is 19.5. The first-order valence-electron chi connectivity index (χ1n) is 9.32. The van der Waals surface area contributed by atoms with Gasteiger partial charge in [0, 0.05) is 24.5 Å². The molecule has 1 amide bonds.